The van der Waals surface area contributed by atoms with Gasteiger partial charge in [-0.15, -0.1) is 11.8 Å². The normalized spacial score (nSPS) is 10.5. The van der Waals surface area contributed by atoms with E-state index in [0.29, 0.717) is 12.0 Å². The molecule has 1 rings (SSSR count). The third-order valence-electron chi connectivity index (χ3n) is 1.95. The van der Waals surface area contributed by atoms with Crippen LogP contribution in [0.25, 0.3) is 0 Å². The summed E-state index contributed by atoms with van der Waals surface area (Å²) in [7, 11) is 0. The van der Waals surface area contributed by atoms with Crippen LogP contribution in [0.1, 0.15) is 11.1 Å². The van der Waals surface area contributed by atoms with Crippen molar-refractivity contribution in [2.45, 2.75) is 18.2 Å². The summed E-state index contributed by atoms with van der Waals surface area (Å²) in [4.78, 5) is 1.07. The van der Waals surface area contributed by atoms with Crippen LogP contribution in [0, 0.1) is 12.7 Å². The van der Waals surface area contributed by atoms with Crippen molar-refractivity contribution in [1.82, 2.24) is 0 Å². The fraction of sp³-hybridized carbons (Fsp3) is 0.400. The number of aliphatic hydroxyl groups is 1. The number of aliphatic hydroxyl groups excluding tert-OH is 1. The minimum Gasteiger partial charge on any atom is -0.396 e. The minimum atomic E-state index is -0.218. The first kappa shape index (κ1) is 10.5. The van der Waals surface area contributed by atoms with Gasteiger partial charge in [-0.2, -0.15) is 0 Å². The van der Waals surface area contributed by atoms with Crippen LogP contribution in [0.3, 0.4) is 0 Å². The number of halogens is 1. The first-order valence-corrected chi connectivity index (χ1v) is 5.35. The van der Waals surface area contributed by atoms with E-state index < -0.39 is 0 Å². The van der Waals surface area contributed by atoms with Gasteiger partial charge in [0.2, 0.25) is 0 Å². The molecular formula is C10H13FOS. The van der Waals surface area contributed by atoms with E-state index >= 15 is 0 Å². The van der Waals surface area contributed by atoms with E-state index in [1.807, 2.05) is 19.2 Å². The molecule has 1 aromatic carbocycles. The van der Waals surface area contributed by atoms with Crippen LogP contribution in [-0.2, 0) is 6.42 Å². The van der Waals surface area contributed by atoms with Crippen LogP contribution in [-0.4, -0.2) is 18.0 Å². The molecule has 13 heavy (non-hydrogen) atoms. The molecule has 0 fully saturated rings. The van der Waals surface area contributed by atoms with Gasteiger partial charge in [0.15, 0.2) is 0 Å². The quantitative estimate of drug-likeness (QED) is 0.756. The summed E-state index contributed by atoms with van der Waals surface area (Å²) in [6.45, 7) is 1.88. The molecule has 1 aromatic rings. The van der Waals surface area contributed by atoms with E-state index in [9.17, 15) is 4.39 Å². The van der Waals surface area contributed by atoms with E-state index in [1.54, 1.807) is 11.8 Å². The van der Waals surface area contributed by atoms with Crippen LogP contribution in [0.15, 0.2) is 17.0 Å². The lowest BCUT2D eigenvalue weighted by Crippen LogP contribution is -1.96. The maximum Gasteiger partial charge on any atom is 0.126 e. The van der Waals surface area contributed by atoms with E-state index in [1.165, 1.54) is 6.07 Å². The van der Waals surface area contributed by atoms with E-state index in [-0.39, 0.29) is 12.4 Å². The van der Waals surface area contributed by atoms with Crippen molar-refractivity contribution >= 4 is 11.8 Å². The van der Waals surface area contributed by atoms with Gasteiger partial charge in [0.25, 0.3) is 0 Å². The molecule has 0 saturated carbocycles. The Hall–Kier alpha value is -0.540. The molecule has 0 spiro atoms. The number of rotatable bonds is 3. The fourth-order valence-corrected chi connectivity index (χ4v) is 1.87. The zero-order chi connectivity index (χ0) is 9.84. The Bertz CT molecular complexity index is 299. The topological polar surface area (TPSA) is 20.2 Å². The number of hydrogen-bond acceptors (Lipinski definition) is 2. The SMILES string of the molecule is CSc1cc(CCO)c(F)cc1C. The lowest BCUT2D eigenvalue weighted by molar-refractivity contribution is 0.297. The predicted octanol–water partition coefficient (Wildman–Crippen LogP) is 2.39. The smallest absolute Gasteiger partial charge is 0.126 e. The molecule has 0 amide bonds. The molecule has 72 valence electrons. The average Bonchev–Trinajstić information content (AvgIpc) is 2.10. The highest BCUT2D eigenvalue weighted by Crippen LogP contribution is 2.23. The summed E-state index contributed by atoms with van der Waals surface area (Å²) < 4.78 is 13.2. The Balaban J connectivity index is 3.06. The summed E-state index contributed by atoms with van der Waals surface area (Å²) in [5.41, 5.74) is 1.55. The highest BCUT2D eigenvalue weighted by Gasteiger charge is 2.05. The van der Waals surface area contributed by atoms with Crippen LogP contribution >= 0.6 is 11.8 Å². The largest absolute Gasteiger partial charge is 0.396 e. The molecule has 0 atom stereocenters. The maximum atomic E-state index is 13.2. The molecule has 1 nitrogen and oxygen atoms in total. The summed E-state index contributed by atoms with van der Waals surface area (Å²) in [5, 5.41) is 8.70. The van der Waals surface area contributed by atoms with Crippen molar-refractivity contribution in [2.24, 2.45) is 0 Å². The Morgan fingerprint density at radius 2 is 2.15 bits per heavy atom. The second kappa shape index (κ2) is 4.63. The van der Waals surface area contributed by atoms with Gasteiger partial charge in [-0.25, -0.2) is 4.39 Å². The molecule has 1 N–H and O–H groups in total. The molecule has 0 aliphatic rings. The van der Waals surface area contributed by atoms with Crippen molar-refractivity contribution in [3.05, 3.63) is 29.1 Å². The van der Waals surface area contributed by atoms with Crippen LogP contribution < -0.4 is 0 Å². The van der Waals surface area contributed by atoms with Crippen LogP contribution in [0.5, 0.6) is 0 Å². The number of aryl methyl sites for hydroxylation is 1. The molecule has 0 heterocycles. The fourth-order valence-electron chi connectivity index (χ4n) is 1.23. The van der Waals surface area contributed by atoms with E-state index in [2.05, 4.69) is 0 Å². The highest BCUT2D eigenvalue weighted by atomic mass is 32.2. The second-order valence-electron chi connectivity index (χ2n) is 2.89. The molecule has 0 aliphatic heterocycles. The standard InChI is InChI=1S/C10H13FOS/c1-7-5-9(11)8(3-4-12)6-10(7)13-2/h5-6,12H,3-4H2,1-2H3. The Morgan fingerprint density at radius 1 is 1.46 bits per heavy atom. The Kier molecular flexibility index (Phi) is 3.75. The van der Waals surface area contributed by atoms with E-state index in [0.717, 1.165) is 10.5 Å². The zero-order valence-corrected chi connectivity index (χ0v) is 8.62. The lowest BCUT2D eigenvalue weighted by Gasteiger charge is -2.06. The highest BCUT2D eigenvalue weighted by molar-refractivity contribution is 7.98. The van der Waals surface area contributed by atoms with Gasteiger partial charge >= 0.3 is 0 Å². The monoisotopic (exact) mass is 200 g/mol. The van der Waals surface area contributed by atoms with Crippen LogP contribution in [0.4, 0.5) is 4.39 Å². The van der Waals surface area contributed by atoms with Gasteiger partial charge in [-0.3, -0.25) is 0 Å². The zero-order valence-electron chi connectivity index (χ0n) is 7.80. The molecule has 0 saturated heterocycles. The summed E-state index contributed by atoms with van der Waals surface area (Å²) >= 11 is 1.60. The lowest BCUT2D eigenvalue weighted by atomic mass is 10.1. The van der Waals surface area contributed by atoms with E-state index in [4.69, 9.17) is 5.11 Å². The number of hydrogen-bond donors (Lipinski definition) is 1. The van der Waals surface area contributed by atoms with Crippen LogP contribution in [0.2, 0.25) is 0 Å². The van der Waals surface area contributed by atoms with Crippen molar-refractivity contribution in [1.29, 1.82) is 0 Å². The maximum absolute atomic E-state index is 13.2. The Morgan fingerprint density at radius 3 is 2.69 bits per heavy atom. The first-order chi connectivity index (χ1) is 6.19. The third kappa shape index (κ3) is 2.45. The number of benzene rings is 1. The van der Waals surface area contributed by atoms with Crippen molar-refractivity contribution in [3.8, 4) is 0 Å². The second-order valence-corrected chi connectivity index (χ2v) is 3.73. The van der Waals surface area contributed by atoms with Gasteiger partial charge in [-0.1, -0.05) is 0 Å². The first-order valence-electron chi connectivity index (χ1n) is 4.13. The summed E-state index contributed by atoms with van der Waals surface area (Å²) in [5.74, 6) is -0.218. The minimum absolute atomic E-state index is 0.00615. The van der Waals surface area contributed by atoms with Gasteiger partial charge < -0.3 is 5.11 Å². The van der Waals surface area contributed by atoms with Gasteiger partial charge in [0, 0.05) is 11.5 Å². The average molecular weight is 200 g/mol. The summed E-state index contributed by atoms with van der Waals surface area (Å²) in [6.07, 6.45) is 2.35. The van der Waals surface area contributed by atoms with Crippen molar-refractivity contribution in [3.63, 3.8) is 0 Å². The predicted molar refractivity (Wildman–Crippen MR) is 53.7 cm³/mol. The molecule has 0 radical (unpaired) electrons. The molecule has 0 aromatic heterocycles. The van der Waals surface area contributed by atoms with Crippen molar-refractivity contribution < 1.29 is 9.50 Å². The van der Waals surface area contributed by atoms with Gasteiger partial charge in [0.1, 0.15) is 5.82 Å². The third-order valence-corrected chi connectivity index (χ3v) is 2.82. The molecule has 0 unspecified atom stereocenters. The van der Waals surface area contributed by atoms with Gasteiger partial charge in [-0.05, 0) is 42.9 Å². The Labute approximate surface area is 82.0 Å². The molecule has 0 aliphatic carbocycles. The molecule has 3 heteroatoms. The van der Waals surface area contributed by atoms with Gasteiger partial charge in [0.05, 0.1) is 0 Å². The molecular weight excluding hydrogens is 187 g/mol. The summed E-state index contributed by atoms with van der Waals surface area (Å²) in [6, 6.07) is 3.34. The molecule has 0 bridgehead atoms. The van der Waals surface area contributed by atoms with Crippen molar-refractivity contribution in [2.75, 3.05) is 12.9 Å². The number of thioether (sulfide) groups is 1.